The molecule has 5 nitrogen and oxygen atoms in total. The maximum Gasteiger partial charge on any atom is 0.303 e. The maximum absolute atomic E-state index is 11.8. The molecule has 2 unspecified atom stereocenters. The van der Waals surface area contributed by atoms with Gasteiger partial charge in [0.2, 0.25) is 5.91 Å². The molecule has 21 heavy (non-hydrogen) atoms. The Morgan fingerprint density at radius 2 is 1.62 bits per heavy atom. The van der Waals surface area contributed by atoms with E-state index in [2.05, 4.69) is 5.32 Å². The first-order valence-electron chi connectivity index (χ1n) is 8.17. The Morgan fingerprint density at radius 1 is 1.00 bits per heavy atom. The van der Waals surface area contributed by atoms with Gasteiger partial charge in [-0.05, 0) is 25.2 Å². The predicted molar refractivity (Wildman–Crippen MR) is 83.0 cm³/mol. The number of aliphatic hydroxyl groups excluding tert-OH is 1. The molecule has 0 radical (unpaired) electrons. The summed E-state index contributed by atoms with van der Waals surface area (Å²) in [6, 6.07) is 0. The normalized spacial score (nSPS) is 13.7. The number of carboxylic acids is 1. The molecule has 0 spiro atoms. The van der Waals surface area contributed by atoms with Gasteiger partial charge in [0.25, 0.3) is 0 Å². The number of rotatable bonds is 13. The number of aliphatic carboxylic acids is 1. The SMILES string of the molecule is CCC(O)C(CC)CC(=O)NCCCCCCCC(=O)O. The van der Waals surface area contributed by atoms with E-state index in [1.165, 1.54) is 0 Å². The number of carbonyl (C=O) groups excluding carboxylic acids is 1. The van der Waals surface area contributed by atoms with Crippen LogP contribution in [0.15, 0.2) is 0 Å². The lowest BCUT2D eigenvalue weighted by atomic mass is 9.93. The highest BCUT2D eigenvalue weighted by Gasteiger charge is 2.18. The van der Waals surface area contributed by atoms with Crippen molar-refractivity contribution in [2.45, 2.75) is 77.7 Å². The van der Waals surface area contributed by atoms with E-state index in [-0.39, 0.29) is 18.2 Å². The fourth-order valence-corrected chi connectivity index (χ4v) is 2.36. The average molecular weight is 301 g/mol. The van der Waals surface area contributed by atoms with Crippen LogP contribution < -0.4 is 5.32 Å². The zero-order chi connectivity index (χ0) is 16.1. The number of carbonyl (C=O) groups is 2. The second-order valence-electron chi connectivity index (χ2n) is 5.61. The summed E-state index contributed by atoms with van der Waals surface area (Å²) in [4.78, 5) is 22.1. The van der Waals surface area contributed by atoms with Gasteiger partial charge in [-0.25, -0.2) is 0 Å². The molecule has 0 aromatic rings. The summed E-state index contributed by atoms with van der Waals surface area (Å²) in [5, 5.41) is 21.2. The Labute approximate surface area is 128 Å². The molecule has 0 aliphatic carbocycles. The summed E-state index contributed by atoms with van der Waals surface area (Å²) >= 11 is 0. The van der Waals surface area contributed by atoms with Crippen LogP contribution in [0.3, 0.4) is 0 Å². The van der Waals surface area contributed by atoms with E-state index in [1.54, 1.807) is 0 Å². The Bertz CT molecular complexity index is 294. The van der Waals surface area contributed by atoms with Crippen LogP contribution in [0, 0.1) is 5.92 Å². The van der Waals surface area contributed by atoms with Gasteiger partial charge in [-0.15, -0.1) is 0 Å². The van der Waals surface area contributed by atoms with Crippen molar-refractivity contribution < 1.29 is 19.8 Å². The standard InChI is InChI=1S/C16H31NO4/c1-3-13(14(18)4-2)12-15(19)17-11-9-7-5-6-8-10-16(20)21/h13-14,18H,3-12H2,1-2H3,(H,17,19)(H,20,21). The van der Waals surface area contributed by atoms with E-state index < -0.39 is 12.1 Å². The molecule has 2 atom stereocenters. The van der Waals surface area contributed by atoms with Crippen LogP contribution in [-0.2, 0) is 9.59 Å². The maximum atomic E-state index is 11.8. The second-order valence-corrected chi connectivity index (χ2v) is 5.61. The molecule has 1 amide bonds. The van der Waals surface area contributed by atoms with E-state index >= 15 is 0 Å². The largest absolute Gasteiger partial charge is 0.481 e. The third-order valence-electron chi connectivity index (χ3n) is 3.82. The van der Waals surface area contributed by atoms with Crippen molar-refractivity contribution in [1.82, 2.24) is 5.32 Å². The fraction of sp³-hybridized carbons (Fsp3) is 0.875. The monoisotopic (exact) mass is 301 g/mol. The average Bonchev–Trinajstić information content (AvgIpc) is 2.46. The van der Waals surface area contributed by atoms with Crippen molar-refractivity contribution in [3.8, 4) is 0 Å². The molecule has 0 fully saturated rings. The predicted octanol–water partition coefficient (Wildman–Crippen LogP) is 2.72. The quantitative estimate of drug-likeness (QED) is 0.456. The van der Waals surface area contributed by atoms with E-state index in [4.69, 9.17) is 5.11 Å². The summed E-state index contributed by atoms with van der Waals surface area (Å²) in [6.07, 6.45) is 6.34. The molecule has 3 N–H and O–H groups in total. The number of carboxylic acid groups (broad SMARTS) is 1. The van der Waals surface area contributed by atoms with Gasteiger partial charge < -0.3 is 15.5 Å². The van der Waals surface area contributed by atoms with Crippen molar-refractivity contribution in [3.63, 3.8) is 0 Å². The van der Waals surface area contributed by atoms with Crippen LogP contribution in [-0.4, -0.2) is 34.7 Å². The number of aliphatic hydroxyl groups is 1. The van der Waals surface area contributed by atoms with Crippen LogP contribution >= 0.6 is 0 Å². The van der Waals surface area contributed by atoms with Crippen molar-refractivity contribution in [2.24, 2.45) is 5.92 Å². The minimum Gasteiger partial charge on any atom is -0.481 e. The van der Waals surface area contributed by atoms with Crippen molar-refractivity contribution in [1.29, 1.82) is 0 Å². The van der Waals surface area contributed by atoms with Crippen LogP contribution in [0.5, 0.6) is 0 Å². The summed E-state index contributed by atoms with van der Waals surface area (Å²) in [7, 11) is 0. The van der Waals surface area contributed by atoms with Crippen molar-refractivity contribution in [3.05, 3.63) is 0 Å². The Morgan fingerprint density at radius 3 is 2.19 bits per heavy atom. The van der Waals surface area contributed by atoms with E-state index in [0.717, 1.165) is 38.5 Å². The lowest BCUT2D eigenvalue weighted by molar-refractivity contribution is -0.137. The Hall–Kier alpha value is -1.10. The summed E-state index contributed by atoms with van der Waals surface area (Å²) in [5.74, 6) is -0.673. The summed E-state index contributed by atoms with van der Waals surface area (Å²) in [5.41, 5.74) is 0. The molecular formula is C16H31NO4. The molecule has 5 heteroatoms. The van der Waals surface area contributed by atoms with Crippen LogP contribution in [0.25, 0.3) is 0 Å². The van der Waals surface area contributed by atoms with Gasteiger partial charge in [-0.1, -0.05) is 39.5 Å². The van der Waals surface area contributed by atoms with Gasteiger partial charge in [-0.2, -0.15) is 0 Å². The van der Waals surface area contributed by atoms with E-state index in [0.29, 0.717) is 19.4 Å². The van der Waals surface area contributed by atoms with Gasteiger partial charge in [0.15, 0.2) is 0 Å². The topological polar surface area (TPSA) is 86.6 Å². The number of nitrogens with one attached hydrogen (secondary N) is 1. The number of hydrogen-bond acceptors (Lipinski definition) is 3. The summed E-state index contributed by atoms with van der Waals surface area (Å²) in [6.45, 7) is 4.58. The zero-order valence-corrected chi connectivity index (χ0v) is 13.4. The molecule has 0 aromatic carbocycles. The van der Waals surface area contributed by atoms with Crippen LogP contribution in [0.1, 0.15) is 71.6 Å². The highest BCUT2D eigenvalue weighted by Crippen LogP contribution is 2.15. The van der Waals surface area contributed by atoms with Gasteiger partial charge >= 0.3 is 5.97 Å². The Balaban J connectivity index is 3.55. The highest BCUT2D eigenvalue weighted by molar-refractivity contribution is 5.76. The fourth-order valence-electron chi connectivity index (χ4n) is 2.36. The molecule has 0 aliphatic heterocycles. The van der Waals surface area contributed by atoms with Crippen molar-refractivity contribution in [2.75, 3.05) is 6.54 Å². The first-order chi connectivity index (χ1) is 10.0. The number of amides is 1. The smallest absolute Gasteiger partial charge is 0.303 e. The molecule has 0 aliphatic rings. The minimum absolute atomic E-state index is 0.0141. The molecule has 124 valence electrons. The zero-order valence-electron chi connectivity index (χ0n) is 13.4. The van der Waals surface area contributed by atoms with E-state index in [9.17, 15) is 14.7 Å². The molecule has 0 bridgehead atoms. The summed E-state index contributed by atoms with van der Waals surface area (Å²) < 4.78 is 0. The lowest BCUT2D eigenvalue weighted by Crippen LogP contribution is -2.30. The van der Waals surface area contributed by atoms with Gasteiger partial charge in [0, 0.05) is 19.4 Å². The third-order valence-corrected chi connectivity index (χ3v) is 3.82. The molecule has 0 saturated heterocycles. The molecule has 0 saturated carbocycles. The van der Waals surface area contributed by atoms with Gasteiger partial charge in [-0.3, -0.25) is 9.59 Å². The highest BCUT2D eigenvalue weighted by atomic mass is 16.4. The molecule has 0 aromatic heterocycles. The second kappa shape index (κ2) is 12.6. The lowest BCUT2D eigenvalue weighted by Gasteiger charge is -2.19. The molecular weight excluding hydrogens is 270 g/mol. The van der Waals surface area contributed by atoms with Gasteiger partial charge in [0.1, 0.15) is 0 Å². The first kappa shape index (κ1) is 19.9. The third kappa shape index (κ3) is 11.3. The van der Waals surface area contributed by atoms with Crippen LogP contribution in [0.2, 0.25) is 0 Å². The van der Waals surface area contributed by atoms with E-state index in [1.807, 2.05) is 13.8 Å². The molecule has 0 rings (SSSR count). The number of hydrogen-bond donors (Lipinski definition) is 3. The Kier molecular flexibility index (Phi) is 12.0. The number of unbranched alkanes of at least 4 members (excludes halogenated alkanes) is 4. The first-order valence-corrected chi connectivity index (χ1v) is 8.17. The van der Waals surface area contributed by atoms with Crippen LogP contribution in [0.4, 0.5) is 0 Å². The van der Waals surface area contributed by atoms with Gasteiger partial charge in [0.05, 0.1) is 6.10 Å². The molecule has 0 heterocycles. The minimum atomic E-state index is -0.734. The van der Waals surface area contributed by atoms with Crippen molar-refractivity contribution >= 4 is 11.9 Å².